The third-order valence-electron chi connectivity index (χ3n) is 2.91. The molecule has 2 rings (SSSR count). The van der Waals surface area contributed by atoms with Gasteiger partial charge in [-0.05, 0) is 18.1 Å². The second-order valence-corrected chi connectivity index (χ2v) is 4.55. The van der Waals surface area contributed by atoms with Crippen LogP contribution in [0.4, 0.5) is 0 Å². The van der Waals surface area contributed by atoms with Crippen LogP contribution in [0, 0.1) is 5.92 Å². The molecule has 1 aromatic carbocycles. The van der Waals surface area contributed by atoms with Crippen LogP contribution in [-0.2, 0) is 6.42 Å². The highest BCUT2D eigenvalue weighted by Crippen LogP contribution is 2.22. The lowest BCUT2D eigenvalue weighted by Gasteiger charge is -2.12. The van der Waals surface area contributed by atoms with Gasteiger partial charge in [-0.3, -0.25) is 0 Å². The molecule has 0 aliphatic rings. The predicted molar refractivity (Wildman–Crippen MR) is 67.1 cm³/mol. The van der Waals surface area contributed by atoms with Gasteiger partial charge in [0.1, 0.15) is 11.3 Å². The first-order chi connectivity index (χ1) is 8.10. The number of methoxy groups -OCH3 is 1. The monoisotopic (exact) mass is 234 g/mol. The molecule has 0 fully saturated rings. The predicted octanol–water partition coefficient (Wildman–Crippen LogP) is 2.36. The van der Waals surface area contributed by atoms with E-state index in [1.807, 2.05) is 18.2 Å². The van der Waals surface area contributed by atoms with Crippen molar-refractivity contribution >= 4 is 11.1 Å². The standard InChI is InChI=1S/C13H18N2O2/c1-8(2)10(14)7-13-15-11-5-4-9(16-3)6-12(11)17-13/h4-6,8,10H,7,14H2,1-3H3. The summed E-state index contributed by atoms with van der Waals surface area (Å²) in [6.07, 6.45) is 0.661. The number of oxazole rings is 1. The molecular weight excluding hydrogens is 216 g/mol. The summed E-state index contributed by atoms with van der Waals surface area (Å²) in [6, 6.07) is 5.68. The van der Waals surface area contributed by atoms with Crippen LogP contribution < -0.4 is 10.5 Å². The Morgan fingerprint density at radius 2 is 2.18 bits per heavy atom. The summed E-state index contributed by atoms with van der Waals surface area (Å²) < 4.78 is 10.8. The largest absolute Gasteiger partial charge is 0.497 e. The van der Waals surface area contributed by atoms with E-state index in [0.717, 1.165) is 16.8 Å². The molecule has 2 aromatic rings. The van der Waals surface area contributed by atoms with Crippen molar-refractivity contribution in [2.45, 2.75) is 26.3 Å². The molecule has 1 atom stereocenters. The zero-order valence-corrected chi connectivity index (χ0v) is 10.4. The van der Waals surface area contributed by atoms with Gasteiger partial charge in [-0.2, -0.15) is 0 Å². The average molecular weight is 234 g/mol. The first kappa shape index (κ1) is 11.9. The van der Waals surface area contributed by atoms with Crippen molar-refractivity contribution in [2.24, 2.45) is 11.7 Å². The van der Waals surface area contributed by atoms with E-state index in [-0.39, 0.29) is 6.04 Å². The highest BCUT2D eigenvalue weighted by Gasteiger charge is 2.13. The fourth-order valence-electron chi connectivity index (χ4n) is 1.60. The average Bonchev–Trinajstić information content (AvgIpc) is 2.69. The van der Waals surface area contributed by atoms with Crippen molar-refractivity contribution in [1.29, 1.82) is 0 Å². The zero-order valence-electron chi connectivity index (χ0n) is 10.4. The molecule has 0 bridgehead atoms. The molecular formula is C13H18N2O2. The Hall–Kier alpha value is -1.55. The van der Waals surface area contributed by atoms with Crippen molar-refractivity contribution in [3.8, 4) is 5.75 Å². The van der Waals surface area contributed by atoms with E-state index < -0.39 is 0 Å². The summed E-state index contributed by atoms with van der Waals surface area (Å²) in [7, 11) is 1.63. The van der Waals surface area contributed by atoms with Crippen LogP contribution in [-0.4, -0.2) is 18.1 Å². The topological polar surface area (TPSA) is 61.3 Å². The molecule has 92 valence electrons. The number of ether oxygens (including phenoxy) is 1. The Labute approximate surface area is 101 Å². The molecule has 1 heterocycles. The van der Waals surface area contributed by atoms with Crippen molar-refractivity contribution in [3.05, 3.63) is 24.1 Å². The third kappa shape index (κ3) is 2.58. The Morgan fingerprint density at radius 3 is 2.82 bits per heavy atom. The van der Waals surface area contributed by atoms with Gasteiger partial charge in [0.15, 0.2) is 11.5 Å². The highest BCUT2D eigenvalue weighted by atomic mass is 16.5. The second-order valence-electron chi connectivity index (χ2n) is 4.55. The molecule has 0 spiro atoms. The summed E-state index contributed by atoms with van der Waals surface area (Å²) in [4.78, 5) is 4.41. The van der Waals surface area contributed by atoms with Gasteiger partial charge in [0, 0.05) is 18.5 Å². The van der Waals surface area contributed by atoms with Gasteiger partial charge in [-0.15, -0.1) is 0 Å². The van der Waals surface area contributed by atoms with Crippen LogP contribution in [0.3, 0.4) is 0 Å². The summed E-state index contributed by atoms with van der Waals surface area (Å²) in [5, 5.41) is 0. The Kier molecular flexibility index (Phi) is 3.33. The summed E-state index contributed by atoms with van der Waals surface area (Å²) >= 11 is 0. The first-order valence-corrected chi connectivity index (χ1v) is 5.79. The van der Waals surface area contributed by atoms with E-state index in [1.54, 1.807) is 7.11 Å². The molecule has 2 N–H and O–H groups in total. The van der Waals surface area contributed by atoms with Gasteiger partial charge in [0.05, 0.1) is 7.11 Å². The summed E-state index contributed by atoms with van der Waals surface area (Å²) in [5.74, 6) is 1.88. The molecule has 0 aliphatic carbocycles. The fraction of sp³-hybridized carbons (Fsp3) is 0.462. The smallest absolute Gasteiger partial charge is 0.197 e. The zero-order chi connectivity index (χ0) is 12.4. The van der Waals surface area contributed by atoms with Crippen molar-refractivity contribution in [1.82, 2.24) is 4.98 Å². The quantitative estimate of drug-likeness (QED) is 0.882. The van der Waals surface area contributed by atoms with Gasteiger partial charge in [0.25, 0.3) is 0 Å². The molecule has 0 saturated heterocycles. The lowest BCUT2D eigenvalue weighted by molar-refractivity contribution is 0.412. The normalized spacial score (nSPS) is 13.2. The number of hydrogen-bond acceptors (Lipinski definition) is 4. The Morgan fingerprint density at radius 1 is 1.41 bits per heavy atom. The maximum atomic E-state index is 6.00. The van der Waals surface area contributed by atoms with Gasteiger partial charge >= 0.3 is 0 Å². The van der Waals surface area contributed by atoms with Crippen molar-refractivity contribution < 1.29 is 9.15 Å². The van der Waals surface area contributed by atoms with Crippen LogP contribution in [0.1, 0.15) is 19.7 Å². The molecule has 17 heavy (non-hydrogen) atoms. The van der Waals surface area contributed by atoms with Crippen LogP contribution >= 0.6 is 0 Å². The number of hydrogen-bond donors (Lipinski definition) is 1. The number of benzene rings is 1. The van der Waals surface area contributed by atoms with Crippen LogP contribution in [0.2, 0.25) is 0 Å². The molecule has 4 heteroatoms. The van der Waals surface area contributed by atoms with Crippen LogP contribution in [0.15, 0.2) is 22.6 Å². The molecule has 0 amide bonds. The van der Waals surface area contributed by atoms with E-state index in [1.165, 1.54) is 0 Å². The minimum Gasteiger partial charge on any atom is -0.497 e. The number of nitrogens with zero attached hydrogens (tertiary/aromatic N) is 1. The van der Waals surface area contributed by atoms with Crippen LogP contribution in [0.5, 0.6) is 5.75 Å². The van der Waals surface area contributed by atoms with Gasteiger partial charge in [-0.25, -0.2) is 4.98 Å². The SMILES string of the molecule is COc1ccc2nc(CC(N)C(C)C)oc2c1. The van der Waals surface area contributed by atoms with E-state index in [4.69, 9.17) is 14.9 Å². The number of nitrogens with two attached hydrogens (primary N) is 1. The van der Waals surface area contributed by atoms with E-state index in [2.05, 4.69) is 18.8 Å². The van der Waals surface area contributed by atoms with E-state index >= 15 is 0 Å². The third-order valence-corrected chi connectivity index (χ3v) is 2.91. The summed E-state index contributed by atoms with van der Waals surface area (Å²) in [6.45, 7) is 4.19. The van der Waals surface area contributed by atoms with Crippen LogP contribution in [0.25, 0.3) is 11.1 Å². The van der Waals surface area contributed by atoms with Gasteiger partial charge in [-0.1, -0.05) is 13.8 Å². The number of aromatic nitrogens is 1. The highest BCUT2D eigenvalue weighted by molar-refractivity contribution is 5.74. The van der Waals surface area contributed by atoms with Crippen molar-refractivity contribution in [2.75, 3.05) is 7.11 Å². The van der Waals surface area contributed by atoms with Gasteiger partial charge < -0.3 is 14.9 Å². The fourth-order valence-corrected chi connectivity index (χ4v) is 1.60. The van der Waals surface area contributed by atoms with Gasteiger partial charge in [0.2, 0.25) is 0 Å². The molecule has 0 radical (unpaired) electrons. The Bertz CT molecular complexity index is 505. The summed E-state index contributed by atoms with van der Waals surface area (Å²) in [5.41, 5.74) is 7.59. The lowest BCUT2D eigenvalue weighted by atomic mass is 10.0. The lowest BCUT2D eigenvalue weighted by Crippen LogP contribution is -2.28. The molecule has 1 aromatic heterocycles. The molecule has 1 unspecified atom stereocenters. The van der Waals surface area contributed by atoms with E-state index in [9.17, 15) is 0 Å². The number of rotatable bonds is 4. The maximum absolute atomic E-state index is 6.00. The molecule has 0 saturated carbocycles. The van der Waals surface area contributed by atoms with Crippen molar-refractivity contribution in [3.63, 3.8) is 0 Å². The molecule has 0 aliphatic heterocycles. The van der Waals surface area contributed by atoms with E-state index in [0.29, 0.717) is 18.2 Å². The first-order valence-electron chi connectivity index (χ1n) is 5.79. The minimum atomic E-state index is 0.0740. The minimum absolute atomic E-state index is 0.0740. The number of fused-ring (bicyclic) bond motifs is 1. The maximum Gasteiger partial charge on any atom is 0.197 e. The Balaban J connectivity index is 2.25. The second kappa shape index (κ2) is 4.75. The molecule has 4 nitrogen and oxygen atoms in total.